The number of rotatable bonds is 8. The zero-order chi connectivity index (χ0) is 21.8. The lowest BCUT2D eigenvalue weighted by molar-refractivity contribution is 0.0904. The van der Waals surface area contributed by atoms with Crippen molar-refractivity contribution in [3.8, 4) is 0 Å². The monoisotopic (exact) mass is 447 g/mol. The number of ketones is 1. The summed E-state index contributed by atoms with van der Waals surface area (Å²) < 4.78 is 37.9. The van der Waals surface area contributed by atoms with E-state index in [9.17, 15) is 9.18 Å². The van der Waals surface area contributed by atoms with E-state index >= 15 is 4.39 Å². The van der Waals surface area contributed by atoms with Crippen molar-refractivity contribution in [2.24, 2.45) is 0 Å². The molecule has 0 unspecified atom stereocenters. The third-order valence-corrected chi connectivity index (χ3v) is 6.06. The fraction of sp³-hybridized carbons (Fsp3) is 0.381. The van der Waals surface area contributed by atoms with Crippen LogP contribution in [0.4, 0.5) is 20.3 Å². The van der Waals surface area contributed by atoms with Crippen molar-refractivity contribution in [1.29, 1.82) is 0 Å². The number of hydrogen-bond donors (Lipinski definition) is 3. The summed E-state index contributed by atoms with van der Waals surface area (Å²) in [6.07, 6.45) is 5.29. The van der Waals surface area contributed by atoms with Gasteiger partial charge in [0.1, 0.15) is 23.6 Å². The molecule has 0 spiro atoms. The summed E-state index contributed by atoms with van der Waals surface area (Å²) in [5.74, 6) is -1.40. The van der Waals surface area contributed by atoms with Crippen LogP contribution in [-0.4, -0.2) is 45.7 Å². The molecule has 0 saturated carbocycles. The van der Waals surface area contributed by atoms with Crippen LogP contribution in [0.15, 0.2) is 24.7 Å². The molecule has 0 radical (unpaired) electrons. The summed E-state index contributed by atoms with van der Waals surface area (Å²) in [6, 6.07) is 2.51. The maximum atomic E-state index is 15.1. The van der Waals surface area contributed by atoms with Crippen LogP contribution in [0.25, 0.3) is 11.0 Å². The predicted octanol–water partition coefficient (Wildman–Crippen LogP) is 4.53. The van der Waals surface area contributed by atoms with Gasteiger partial charge < -0.3 is 19.8 Å². The fourth-order valence-corrected chi connectivity index (χ4v) is 4.11. The molecule has 10 heteroatoms. The first-order valence-corrected chi connectivity index (χ1v) is 11.2. The van der Waals surface area contributed by atoms with Crippen LogP contribution in [0.3, 0.4) is 0 Å². The van der Waals surface area contributed by atoms with Gasteiger partial charge in [0.25, 0.3) is 0 Å². The second kappa shape index (κ2) is 9.61. The van der Waals surface area contributed by atoms with Gasteiger partial charge in [0.15, 0.2) is 5.82 Å². The van der Waals surface area contributed by atoms with E-state index < -0.39 is 23.0 Å². The average Bonchev–Trinajstić information content (AvgIpc) is 3.21. The first-order chi connectivity index (χ1) is 15.1. The molecule has 1 saturated heterocycles. The SMILES string of the molecule is CCCSNc1ccc(F)c(C(=O)c2c[nH]c3ncnc(NC4CCOCC4)c23)c1F. The zero-order valence-corrected chi connectivity index (χ0v) is 17.8. The molecule has 3 N–H and O–H groups in total. The van der Waals surface area contributed by atoms with Gasteiger partial charge in [-0.25, -0.2) is 18.7 Å². The number of H-pyrrole nitrogens is 1. The highest BCUT2D eigenvalue weighted by atomic mass is 32.2. The highest BCUT2D eigenvalue weighted by Crippen LogP contribution is 2.31. The van der Waals surface area contributed by atoms with E-state index in [0.717, 1.165) is 31.1 Å². The Hall–Kier alpha value is -2.72. The Balaban J connectivity index is 1.70. The van der Waals surface area contributed by atoms with E-state index in [1.807, 2.05) is 6.92 Å². The normalized spacial score (nSPS) is 14.7. The average molecular weight is 448 g/mol. The molecule has 1 aliphatic heterocycles. The van der Waals surface area contributed by atoms with E-state index in [2.05, 4.69) is 25.0 Å². The number of nitrogens with one attached hydrogen (secondary N) is 3. The molecule has 4 rings (SSSR count). The third kappa shape index (κ3) is 4.49. The van der Waals surface area contributed by atoms with Crippen LogP contribution >= 0.6 is 11.9 Å². The van der Waals surface area contributed by atoms with Crippen molar-refractivity contribution < 1.29 is 18.3 Å². The number of aromatic amines is 1. The zero-order valence-electron chi connectivity index (χ0n) is 17.0. The molecular weight excluding hydrogens is 424 g/mol. The lowest BCUT2D eigenvalue weighted by atomic mass is 10.0. The van der Waals surface area contributed by atoms with Gasteiger partial charge >= 0.3 is 0 Å². The van der Waals surface area contributed by atoms with E-state index in [1.54, 1.807) is 0 Å². The number of benzene rings is 1. The van der Waals surface area contributed by atoms with E-state index in [4.69, 9.17) is 4.74 Å². The standard InChI is InChI=1S/C21H23F2N5O2S/c1-2-9-31-28-15-4-3-14(22)17(18(15)23)19(29)13-10-24-20-16(13)21(26-11-25-20)27-12-5-7-30-8-6-12/h3-4,10-12,28H,2,5-9H2,1H3,(H2,24,25,26,27). The van der Waals surface area contributed by atoms with Gasteiger partial charge in [0.2, 0.25) is 5.78 Å². The quantitative estimate of drug-likeness (QED) is 0.265. The molecule has 0 atom stereocenters. The van der Waals surface area contributed by atoms with Gasteiger partial charge in [-0.3, -0.25) is 4.79 Å². The Kier molecular flexibility index (Phi) is 6.67. The number of carbonyl (C=O) groups excluding carboxylic acids is 1. The Bertz CT molecular complexity index is 1090. The number of hydrogen-bond acceptors (Lipinski definition) is 7. The van der Waals surface area contributed by atoms with Crippen LogP contribution in [0.5, 0.6) is 0 Å². The summed E-state index contributed by atoms with van der Waals surface area (Å²) in [5.41, 5.74) is -0.00783. The minimum absolute atomic E-state index is 0.0693. The van der Waals surface area contributed by atoms with Gasteiger partial charge in [-0.15, -0.1) is 0 Å². The molecule has 3 aromatic rings. The Morgan fingerprint density at radius 2 is 2.10 bits per heavy atom. The van der Waals surface area contributed by atoms with Crippen LogP contribution < -0.4 is 10.0 Å². The molecule has 1 aromatic carbocycles. The van der Waals surface area contributed by atoms with Gasteiger partial charge in [-0.1, -0.05) is 18.9 Å². The largest absolute Gasteiger partial charge is 0.381 e. The molecule has 3 heterocycles. The molecule has 0 amide bonds. The van der Waals surface area contributed by atoms with Crippen molar-refractivity contribution in [1.82, 2.24) is 15.0 Å². The van der Waals surface area contributed by atoms with Gasteiger partial charge in [0.05, 0.1) is 22.2 Å². The van der Waals surface area contributed by atoms with Gasteiger partial charge in [0, 0.05) is 31.2 Å². The summed E-state index contributed by atoms with van der Waals surface area (Å²) in [5, 5.41) is 3.74. The minimum Gasteiger partial charge on any atom is -0.381 e. The predicted molar refractivity (Wildman–Crippen MR) is 118 cm³/mol. The lowest BCUT2D eigenvalue weighted by Crippen LogP contribution is -2.28. The first kappa shape index (κ1) is 21.5. The van der Waals surface area contributed by atoms with Crippen molar-refractivity contribution in [2.75, 3.05) is 29.0 Å². The number of aromatic nitrogens is 3. The van der Waals surface area contributed by atoms with Crippen molar-refractivity contribution in [3.63, 3.8) is 0 Å². The summed E-state index contributed by atoms with van der Waals surface area (Å²) in [4.78, 5) is 24.6. The number of anilines is 2. The molecule has 31 heavy (non-hydrogen) atoms. The molecule has 1 fully saturated rings. The number of fused-ring (bicyclic) bond motifs is 1. The summed E-state index contributed by atoms with van der Waals surface area (Å²) >= 11 is 1.30. The summed E-state index contributed by atoms with van der Waals surface area (Å²) in [7, 11) is 0. The molecule has 0 aliphatic carbocycles. The smallest absolute Gasteiger partial charge is 0.201 e. The molecule has 7 nitrogen and oxygen atoms in total. The first-order valence-electron chi connectivity index (χ1n) is 10.2. The maximum Gasteiger partial charge on any atom is 0.201 e. The number of ether oxygens (including phenoxy) is 1. The lowest BCUT2D eigenvalue weighted by Gasteiger charge is -2.23. The second-order valence-electron chi connectivity index (χ2n) is 7.24. The molecule has 164 valence electrons. The van der Waals surface area contributed by atoms with E-state index in [0.29, 0.717) is 30.1 Å². The number of halogens is 2. The highest BCUT2D eigenvalue weighted by Gasteiger charge is 2.26. The Morgan fingerprint density at radius 3 is 2.87 bits per heavy atom. The van der Waals surface area contributed by atoms with Crippen molar-refractivity contribution in [3.05, 3.63) is 47.4 Å². The van der Waals surface area contributed by atoms with Crippen molar-refractivity contribution in [2.45, 2.75) is 32.2 Å². The molecule has 2 aromatic heterocycles. The summed E-state index contributed by atoms with van der Waals surface area (Å²) in [6.45, 7) is 3.27. The van der Waals surface area contributed by atoms with E-state index in [1.165, 1.54) is 30.5 Å². The van der Waals surface area contributed by atoms with Crippen LogP contribution in [-0.2, 0) is 4.74 Å². The number of nitrogens with zero attached hydrogens (tertiary/aromatic N) is 2. The van der Waals surface area contributed by atoms with Crippen LogP contribution in [0.1, 0.15) is 42.1 Å². The molecule has 1 aliphatic rings. The third-order valence-electron chi connectivity index (χ3n) is 5.08. The highest BCUT2D eigenvalue weighted by molar-refractivity contribution is 8.00. The Labute approximate surface area is 182 Å². The number of carbonyl (C=O) groups is 1. The maximum absolute atomic E-state index is 15.1. The van der Waals surface area contributed by atoms with E-state index in [-0.39, 0.29) is 17.3 Å². The van der Waals surface area contributed by atoms with Crippen molar-refractivity contribution >= 4 is 40.3 Å². The molecule has 0 bridgehead atoms. The van der Waals surface area contributed by atoms with Gasteiger partial charge in [-0.2, -0.15) is 0 Å². The minimum atomic E-state index is -0.918. The molecular formula is C21H23F2N5O2S. The van der Waals surface area contributed by atoms with Crippen LogP contribution in [0.2, 0.25) is 0 Å². The fourth-order valence-electron chi connectivity index (χ4n) is 3.49. The van der Waals surface area contributed by atoms with Gasteiger partial charge in [-0.05, 0) is 31.4 Å². The Morgan fingerprint density at radius 1 is 1.29 bits per heavy atom. The topological polar surface area (TPSA) is 91.9 Å². The van der Waals surface area contributed by atoms with Crippen LogP contribution in [0, 0.1) is 11.6 Å². The second-order valence-corrected chi connectivity index (χ2v) is 8.14.